The number of hydrogen-bond acceptors (Lipinski definition) is 7. The smallest absolute Gasteiger partial charge is 0.338 e. The second-order valence-electron chi connectivity index (χ2n) is 5.41. The topological polar surface area (TPSA) is 108 Å². The van der Waals surface area contributed by atoms with Crippen molar-refractivity contribution in [3.8, 4) is 6.07 Å². The van der Waals surface area contributed by atoms with Gasteiger partial charge in [-0.3, -0.25) is 9.59 Å². The molecule has 3 aromatic rings. The average molecular weight is 411 g/mol. The highest BCUT2D eigenvalue weighted by Gasteiger charge is 2.13. The molecule has 0 radical (unpaired) electrons. The Morgan fingerprint density at radius 3 is 2.46 bits per heavy atom. The van der Waals surface area contributed by atoms with Gasteiger partial charge in [0.1, 0.15) is 11.1 Å². The van der Waals surface area contributed by atoms with Crippen molar-refractivity contribution in [2.45, 2.75) is 0 Å². The first-order chi connectivity index (χ1) is 13.6. The minimum Gasteiger partial charge on any atom is -0.452 e. The van der Waals surface area contributed by atoms with Crippen LogP contribution in [0.2, 0.25) is 0 Å². The fraction of sp³-hybridized carbons (Fsp3) is 0.0526. The number of nitrogens with zero attached hydrogens (tertiary/aromatic N) is 1. The number of esters is 1. The van der Waals surface area contributed by atoms with Gasteiger partial charge in [0.25, 0.3) is 11.8 Å². The van der Waals surface area contributed by atoms with Crippen LogP contribution in [0.5, 0.6) is 0 Å². The molecule has 2 N–H and O–H groups in total. The van der Waals surface area contributed by atoms with E-state index in [1.807, 2.05) is 11.4 Å². The van der Waals surface area contributed by atoms with Gasteiger partial charge < -0.3 is 15.4 Å². The molecule has 0 aliphatic rings. The Kier molecular flexibility index (Phi) is 6.16. The normalized spacial score (nSPS) is 9.96. The lowest BCUT2D eigenvalue weighted by molar-refractivity contribution is -0.119. The van der Waals surface area contributed by atoms with Crippen molar-refractivity contribution >= 4 is 51.1 Å². The molecule has 0 saturated heterocycles. The lowest BCUT2D eigenvalue weighted by Crippen LogP contribution is -2.20. The molecular formula is C19H13N3O4S2. The summed E-state index contributed by atoms with van der Waals surface area (Å²) >= 11 is 2.54. The minimum absolute atomic E-state index is 0.229. The van der Waals surface area contributed by atoms with Crippen LogP contribution in [0.25, 0.3) is 0 Å². The quantitative estimate of drug-likeness (QED) is 0.601. The predicted octanol–water partition coefficient (Wildman–Crippen LogP) is 3.73. The molecular weight excluding hydrogens is 398 g/mol. The fourth-order valence-corrected chi connectivity index (χ4v) is 3.53. The van der Waals surface area contributed by atoms with Crippen LogP contribution in [-0.4, -0.2) is 24.4 Å². The van der Waals surface area contributed by atoms with E-state index in [0.717, 1.165) is 0 Å². The van der Waals surface area contributed by atoms with Crippen LogP contribution in [0.1, 0.15) is 25.6 Å². The second-order valence-corrected chi connectivity index (χ2v) is 7.27. The van der Waals surface area contributed by atoms with Gasteiger partial charge in [-0.05, 0) is 47.2 Å². The Hall–Kier alpha value is -3.48. The summed E-state index contributed by atoms with van der Waals surface area (Å²) in [7, 11) is 0. The Morgan fingerprint density at radius 1 is 1.00 bits per heavy atom. The molecule has 0 spiro atoms. The van der Waals surface area contributed by atoms with E-state index in [1.54, 1.807) is 35.7 Å². The summed E-state index contributed by atoms with van der Waals surface area (Å²) in [5.74, 6) is -1.43. The van der Waals surface area contributed by atoms with Crippen molar-refractivity contribution in [2.24, 2.45) is 0 Å². The van der Waals surface area contributed by atoms with Gasteiger partial charge in [-0.15, -0.1) is 22.7 Å². The number of carbonyl (C=O) groups is 3. The number of thiophene rings is 2. The molecule has 0 fully saturated rings. The number of carbonyl (C=O) groups excluding carboxylic acids is 3. The fourth-order valence-electron chi connectivity index (χ4n) is 2.16. The maximum absolute atomic E-state index is 12.1. The molecule has 2 aromatic heterocycles. The van der Waals surface area contributed by atoms with Crippen molar-refractivity contribution in [3.05, 3.63) is 69.2 Å². The number of ether oxygens (including phenoxy) is 1. The van der Waals surface area contributed by atoms with Crippen LogP contribution in [0.3, 0.4) is 0 Å². The minimum atomic E-state index is -0.669. The average Bonchev–Trinajstić information content (AvgIpc) is 3.38. The van der Waals surface area contributed by atoms with Gasteiger partial charge in [0.05, 0.1) is 16.0 Å². The lowest BCUT2D eigenvalue weighted by Gasteiger charge is -2.07. The molecule has 7 nitrogen and oxygen atoms in total. The van der Waals surface area contributed by atoms with Gasteiger partial charge in [0.15, 0.2) is 6.61 Å². The summed E-state index contributed by atoms with van der Waals surface area (Å²) in [6.45, 7) is -0.474. The summed E-state index contributed by atoms with van der Waals surface area (Å²) in [5.41, 5.74) is 1.13. The molecule has 0 atom stereocenters. The molecule has 140 valence electrons. The zero-order chi connectivity index (χ0) is 19.9. The molecule has 2 heterocycles. The van der Waals surface area contributed by atoms with Crippen molar-refractivity contribution < 1.29 is 19.1 Å². The first-order valence-electron chi connectivity index (χ1n) is 7.96. The number of anilines is 2. The number of amides is 2. The second kappa shape index (κ2) is 8.94. The molecule has 2 amide bonds. The van der Waals surface area contributed by atoms with E-state index in [4.69, 9.17) is 10.00 Å². The molecule has 1 aromatic carbocycles. The van der Waals surface area contributed by atoms with Crippen molar-refractivity contribution in [3.63, 3.8) is 0 Å². The third-order valence-electron chi connectivity index (χ3n) is 3.50. The van der Waals surface area contributed by atoms with Crippen molar-refractivity contribution in [2.75, 3.05) is 17.2 Å². The zero-order valence-electron chi connectivity index (χ0n) is 14.3. The Bertz CT molecular complexity index is 1030. The maximum atomic E-state index is 12.1. The predicted molar refractivity (Wildman–Crippen MR) is 107 cm³/mol. The molecule has 0 aliphatic heterocycles. The molecule has 0 saturated carbocycles. The maximum Gasteiger partial charge on any atom is 0.338 e. The van der Waals surface area contributed by atoms with Gasteiger partial charge in [-0.1, -0.05) is 6.07 Å². The monoisotopic (exact) mass is 411 g/mol. The van der Waals surface area contributed by atoms with E-state index >= 15 is 0 Å². The Labute approximate surface area is 168 Å². The highest BCUT2D eigenvalue weighted by molar-refractivity contribution is 7.14. The molecule has 3 rings (SSSR count). The van der Waals surface area contributed by atoms with Crippen molar-refractivity contribution in [1.29, 1.82) is 5.26 Å². The van der Waals surface area contributed by atoms with Gasteiger partial charge in [0.2, 0.25) is 0 Å². The molecule has 0 unspecified atom stereocenters. The number of nitrogens with one attached hydrogen (secondary N) is 2. The van der Waals surface area contributed by atoms with E-state index in [0.29, 0.717) is 21.1 Å². The van der Waals surface area contributed by atoms with Gasteiger partial charge in [-0.25, -0.2) is 4.79 Å². The highest BCUT2D eigenvalue weighted by Crippen LogP contribution is 2.22. The highest BCUT2D eigenvalue weighted by atomic mass is 32.1. The van der Waals surface area contributed by atoms with Gasteiger partial charge >= 0.3 is 5.97 Å². The zero-order valence-corrected chi connectivity index (χ0v) is 15.9. The van der Waals surface area contributed by atoms with E-state index in [1.165, 1.54) is 34.8 Å². The van der Waals surface area contributed by atoms with E-state index < -0.39 is 18.5 Å². The largest absolute Gasteiger partial charge is 0.452 e. The van der Waals surface area contributed by atoms with Gasteiger partial charge in [-0.2, -0.15) is 5.26 Å². The van der Waals surface area contributed by atoms with Gasteiger partial charge in [0, 0.05) is 5.69 Å². The third kappa shape index (κ3) is 4.82. The first-order valence-corrected chi connectivity index (χ1v) is 9.72. The summed E-state index contributed by atoms with van der Waals surface area (Å²) in [6.07, 6.45) is 0. The van der Waals surface area contributed by atoms with Crippen LogP contribution in [0.15, 0.2) is 53.2 Å². The van der Waals surface area contributed by atoms with Crippen LogP contribution >= 0.6 is 22.7 Å². The van der Waals surface area contributed by atoms with Crippen LogP contribution in [0, 0.1) is 11.3 Å². The lowest BCUT2D eigenvalue weighted by atomic mass is 10.2. The van der Waals surface area contributed by atoms with Crippen LogP contribution < -0.4 is 10.6 Å². The van der Waals surface area contributed by atoms with E-state index in [2.05, 4.69) is 10.6 Å². The SMILES string of the molecule is N#Cc1ccsc1NC(=O)COC(=O)c1ccc(NC(=O)c2cccs2)cc1. The third-order valence-corrected chi connectivity index (χ3v) is 5.19. The summed E-state index contributed by atoms with van der Waals surface area (Å²) in [5, 5.41) is 18.1. The summed E-state index contributed by atoms with van der Waals surface area (Å²) < 4.78 is 4.98. The Morgan fingerprint density at radius 2 is 1.79 bits per heavy atom. The molecule has 0 bridgehead atoms. The van der Waals surface area contributed by atoms with E-state index in [9.17, 15) is 14.4 Å². The standard InChI is InChI=1S/C19H13N3O4S2/c20-10-13-7-9-28-18(13)22-16(23)11-26-19(25)12-3-5-14(6-4-12)21-17(24)15-2-1-8-27-15/h1-9H,11H2,(H,21,24)(H,22,23). The number of nitriles is 1. The Balaban J connectivity index is 1.51. The number of rotatable bonds is 6. The first kappa shape index (κ1) is 19.3. The summed E-state index contributed by atoms with van der Waals surface area (Å²) in [6, 6.07) is 13.2. The number of hydrogen-bond donors (Lipinski definition) is 2. The summed E-state index contributed by atoms with van der Waals surface area (Å²) in [4.78, 5) is 36.5. The van der Waals surface area contributed by atoms with Crippen molar-refractivity contribution in [1.82, 2.24) is 0 Å². The van der Waals surface area contributed by atoms with Crippen LogP contribution in [-0.2, 0) is 9.53 Å². The molecule has 0 aliphatic carbocycles. The van der Waals surface area contributed by atoms with Crippen LogP contribution in [0.4, 0.5) is 10.7 Å². The molecule has 28 heavy (non-hydrogen) atoms. The number of benzene rings is 1. The van der Waals surface area contributed by atoms with E-state index in [-0.39, 0.29) is 11.5 Å². The molecule has 9 heteroatoms.